The number of rotatable bonds is 13. The SMILES string of the molecule is COc1ccc(/C=C(/NC(=O)c2ccccc2)C(=O)Nc2cccc(SC(C(=O)Nc3nc(-c4cccc([N+](=O)[O-])c4)cs3)c3ccccc3)c2)cc1. The molecule has 53 heavy (non-hydrogen) atoms. The van der Waals surface area contributed by atoms with Crippen molar-refractivity contribution in [2.75, 3.05) is 17.7 Å². The first kappa shape index (κ1) is 36.2. The molecule has 1 atom stereocenters. The molecule has 0 aliphatic heterocycles. The summed E-state index contributed by atoms with van der Waals surface area (Å²) >= 11 is 2.50. The first-order chi connectivity index (χ1) is 25.7. The van der Waals surface area contributed by atoms with Gasteiger partial charge in [0.1, 0.15) is 16.7 Å². The number of nitro groups is 1. The van der Waals surface area contributed by atoms with Crippen LogP contribution in [0.1, 0.15) is 26.7 Å². The molecule has 0 bridgehead atoms. The fourth-order valence-corrected chi connectivity index (χ4v) is 6.91. The average Bonchev–Trinajstić information content (AvgIpc) is 3.66. The van der Waals surface area contributed by atoms with Crippen LogP contribution in [0.3, 0.4) is 0 Å². The number of nitrogens with one attached hydrogen (secondary N) is 3. The summed E-state index contributed by atoms with van der Waals surface area (Å²) in [4.78, 5) is 56.6. The molecule has 264 valence electrons. The maximum absolute atomic E-state index is 13.8. The Morgan fingerprint density at radius 1 is 0.849 bits per heavy atom. The van der Waals surface area contributed by atoms with E-state index >= 15 is 0 Å². The molecule has 6 rings (SSSR count). The lowest BCUT2D eigenvalue weighted by atomic mass is 10.1. The lowest BCUT2D eigenvalue weighted by Crippen LogP contribution is -2.30. The van der Waals surface area contributed by atoms with Gasteiger partial charge in [-0.05, 0) is 59.7 Å². The van der Waals surface area contributed by atoms with Crippen LogP contribution in [0.25, 0.3) is 17.3 Å². The summed E-state index contributed by atoms with van der Waals surface area (Å²) in [6.45, 7) is 0. The molecule has 0 fully saturated rings. The summed E-state index contributed by atoms with van der Waals surface area (Å²) in [6.07, 6.45) is 1.58. The Morgan fingerprint density at radius 3 is 2.28 bits per heavy atom. The normalized spacial score (nSPS) is 11.6. The van der Waals surface area contributed by atoms with Gasteiger partial charge in [0.25, 0.3) is 17.5 Å². The molecule has 1 heterocycles. The van der Waals surface area contributed by atoms with E-state index < -0.39 is 22.0 Å². The summed E-state index contributed by atoms with van der Waals surface area (Å²) < 4.78 is 5.24. The third kappa shape index (κ3) is 9.61. The zero-order valence-electron chi connectivity index (χ0n) is 28.1. The van der Waals surface area contributed by atoms with Crippen LogP contribution >= 0.6 is 23.1 Å². The maximum atomic E-state index is 13.8. The Kier molecular flexibility index (Phi) is 11.7. The summed E-state index contributed by atoms with van der Waals surface area (Å²) in [5.74, 6) is -0.675. The van der Waals surface area contributed by atoms with Crippen molar-refractivity contribution in [2.45, 2.75) is 10.1 Å². The monoisotopic (exact) mass is 741 g/mol. The molecule has 0 aliphatic rings. The van der Waals surface area contributed by atoms with Crippen LogP contribution in [0.2, 0.25) is 0 Å². The molecule has 0 spiro atoms. The second-order valence-corrected chi connectivity index (χ2v) is 13.4. The Morgan fingerprint density at radius 2 is 1.57 bits per heavy atom. The van der Waals surface area contributed by atoms with E-state index in [1.54, 1.807) is 103 Å². The number of non-ortho nitro benzene ring substituents is 1. The van der Waals surface area contributed by atoms with Crippen molar-refractivity contribution in [3.63, 3.8) is 0 Å². The minimum absolute atomic E-state index is 0.0246. The molecule has 6 aromatic rings. The highest BCUT2D eigenvalue weighted by Gasteiger charge is 2.24. The number of hydrogen-bond acceptors (Lipinski definition) is 9. The second kappa shape index (κ2) is 17.1. The van der Waals surface area contributed by atoms with E-state index in [-0.39, 0.29) is 17.3 Å². The van der Waals surface area contributed by atoms with Gasteiger partial charge in [-0.2, -0.15) is 0 Å². The molecule has 11 nitrogen and oxygen atoms in total. The van der Waals surface area contributed by atoms with Crippen molar-refractivity contribution >= 4 is 63.4 Å². The number of amides is 3. The van der Waals surface area contributed by atoms with E-state index in [0.717, 1.165) is 5.56 Å². The quantitative estimate of drug-likeness (QED) is 0.0461. The standard InChI is InChI=1S/C40H31N5O6S2/c1-51-32-20-18-26(19-21-32)22-34(42-37(46)28-12-6-3-7-13-28)38(47)41-30-15-9-17-33(24-30)53-36(27-10-4-2-5-11-27)39(48)44-40-43-35(25-52-40)29-14-8-16-31(23-29)45(49)50/h2-25,36H,1H3,(H,41,47)(H,42,46)(H,43,44,48)/b34-22+. The van der Waals surface area contributed by atoms with Crippen LogP contribution in [0.4, 0.5) is 16.5 Å². The average molecular weight is 742 g/mol. The Hall–Kier alpha value is -6.57. The van der Waals surface area contributed by atoms with Crippen molar-refractivity contribution in [1.82, 2.24) is 10.3 Å². The maximum Gasteiger partial charge on any atom is 0.272 e. The zero-order chi connectivity index (χ0) is 37.2. The highest BCUT2D eigenvalue weighted by Crippen LogP contribution is 2.38. The van der Waals surface area contributed by atoms with Crippen LogP contribution in [0, 0.1) is 10.1 Å². The molecule has 3 N–H and O–H groups in total. The summed E-state index contributed by atoms with van der Waals surface area (Å²) in [5, 5.41) is 21.1. The van der Waals surface area contributed by atoms with Gasteiger partial charge in [0.2, 0.25) is 5.91 Å². The van der Waals surface area contributed by atoms with Gasteiger partial charge >= 0.3 is 0 Å². The van der Waals surface area contributed by atoms with Gasteiger partial charge < -0.3 is 20.7 Å². The molecule has 0 aliphatic carbocycles. The fraction of sp³-hybridized carbons (Fsp3) is 0.0500. The lowest BCUT2D eigenvalue weighted by molar-refractivity contribution is -0.384. The number of benzene rings is 5. The Labute approximate surface area is 312 Å². The van der Waals surface area contributed by atoms with E-state index in [2.05, 4.69) is 20.9 Å². The minimum Gasteiger partial charge on any atom is -0.497 e. The predicted molar refractivity (Wildman–Crippen MR) is 208 cm³/mol. The molecular formula is C40H31N5O6S2. The van der Waals surface area contributed by atoms with Crippen molar-refractivity contribution in [3.05, 3.63) is 171 Å². The van der Waals surface area contributed by atoms with Crippen molar-refractivity contribution in [1.29, 1.82) is 0 Å². The second-order valence-electron chi connectivity index (χ2n) is 11.4. The van der Waals surface area contributed by atoms with Gasteiger partial charge in [-0.3, -0.25) is 24.5 Å². The number of aromatic nitrogens is 1. The smallest absolute Gasteiger partial charge is 0.272 e. The Bertz CT molecular complexity index is 2280. The summed E-state index contributed by atoms with van der Waals surface area (Å²) in [5.41, 5.74) is 3.28. The number of hydrogen-bond donors (Lipinski definition) is 3. The van der Waals surface area contributed by atoms with E-state index in [1.807, 2.05) is 36.4 Å². The lowest BCUT2D eigenvalue weighted by Gasteiger charge is -2.17. The topological polar surface area (TPSA) is 153 Å². The van der Waals surface area contributed by atoms with Gasteiger partial charge in [0.15, 0.2) is 5.13 Å². The van der Waals surface area contributed by atoms with Crippen LogP contribution in [-0.2, 0) is 9.59 Å². The van der Waals surface area contributed by atoms with E-state index in [1.165, 1.54) is 35.2 Å². The van der Waals surface area contributed by atoms with Gasteiger partial charge in [0, 0.05) is 39.2 Å². The molecule has 3 amide bonds. The van der Waals surface area contributed by atoms with Gasteiger partial charge in [-0.15, -0.1) is 23.1 Å². The number of nitro benzene ring substituents is 1. The number of methoxy groups -OCH3 is 1. The largest absolute Gasteiger partial charge is 0.497 e. The minimum atomic E-state index is -0.706. The molecule has 0 radical (unpaired) electrons. The first-order valence-electron chi connectivity index (χ1n) is 16.1. The zero-order valence-corrected chi connectivity index (χ0v) is 29.7. The van der Waals surface area contributed by atoms with Crippen LogP contribution in [0.15, 0.2) is 149 Å². The van der Waals surface area contributed by atoms with Crippen molar-refractivity contribution < 1.29 is 24.0 Å². The van der Waals surface area contributed by atoms with Crippen molar-refractivity contribution in [3.8, 4) is 17.0 Å². The fourth-order valence-electron chi connectivity index (χ4n) is 5.11. The number of nitrogens with zero attached hydrogens (tertiary/aromatic N) is 2. The van der Waals surface area contributed by atoms with Gasteiger partial charge in [-0.25, -0.2) is 4.98 Å². The third-order valence-electron chi connectivity index (χ3n) is 7.73. The summed E-state index contributed by atoms with van der Waals surface area (Å²) in [6, 6.07) is 38.1. The molecular weight excluding hydrogens is 711 g/mol. The number of thioether (sulfide) groups is 1. The molecule has 0 saturated carbocycles. The van der Waals surface area contributed by atoms with Crippen molar-refractivity contribution in [2.24, 2.45) is 0 Å². The number of carbonyl (C=O) groups excluding carboxylic acids is 3. The highest BCUT2D eigenvalue weighted by molar-refractivity contribution is 8.00. The van der Waals surface area contributed by atoms with E-state index in [9.17, 15) is 24.5 Å². The van der Waals surface area contributed by atoms with Crippen LogP contribution in [-0.4, -0.2) is 34.7 Å². The number of ether oxygens (including phenoxy) is 1. The number of carbonyl (C=O) groups is 3. The molecule has 0 saturated heterocycles. The van der Waals surface area contributed by atoms with Gasteiger partial charge in [0.05, 0.1) is 17.7 Å². The van der Waals surface area contributed by atoms with Gasteiger partial charge in [-0.1, -0.05) is 78.9 Å². The molecule has 13 heteroatoms. The molecule has 1 aromatic heterocycles. The number of anilines is 2. The molecule has 5 aromatic carbocycles. The Balaban J connectivity index is 1.21. The number of thiazole rings is 1. The molecule has 1 unspecified atom stereocenters. The third-order valence-corrected chi connectivity index (χ3v) is 9.73. The highest BCUT2D eigenvalue weighted by atomic mass is 32.2. The van der Waals surface area contributed by atoms with E-state index in [4.69, 9.17) is 4.74 Å². The van der Waals surface area contributed by atoms with E-state index in [0.29, 0.717) is 43.8 Å². The predicted octanol–water partition coefficient (Wildman–Crippen LogP) is 8.61. The van der Waals surface area contributed by atoms with Crippen LogP contribution in [0.5, 0.6) is 5.75 Å². The van der Waals surface area contributed by atoms with Crippen LogP contribution < -0.4 is 20.7 Å². The first-order valence-corrected chi connectivity index (χ1v) is 17.9. The summed E-state index contributed by atoms with van der Waals surface area (Å²) in [7, 11) is 1.56.